The minimum absolute atomic E-state index is 0.0774. The zero-order chi connectivity index (χ0) is 17.9. The molecule has 4 heterocycles. The molecule has 132 valence electrons. The molecule has 0 saturated carbocycles. The second-order valence-electron chi connectivity index (χ2n) is 6.28. The van der Waals surface area contributed by atoms with Crippen molar-refractivity contribution in [1.29, 1.82) is 0 Å². The van der Waals surface area contributed by atoms with Gasteiger partial charge in [0.05, 0.1) is 17.3 Å². The van der Waals surface area contributed by atoms with E-state index < -0.39 is 0 Å². The number of nitrogens with zero attached hydrogens (tertiary/aromatic N) is 3. The molecular formula is C19H18N4O2S. The molecule has 7 heteroatoms. The smallest absolute Gasteiger partial charge is 0.256 e. The number of hydrogen-bond donors (Lipinski definition) is 1. The number of aromatic amines is 1. The number of nitrogens with one attached hydrogen (secondary N) is 1. The number of hydrogen-bond acceptors (Lipinski definition) is 5. The van der Waals surface area contributed by atoms with Crippen LogP contribution in [0.25, 0.3) is 11.3 Å². The van der Waals surface area contributed by atoms with Crippen LogP contribution in [-0.2, 0) is 0 Å². The Bertz CT molecular complexity index is 953. The Kier molecular flexibility index (Phi) is 4.62. The molecule has 1 aliphatic heterocycles. The molecule has 1 saturated heterocycles. The zero-order valence-corrected chi connectivity index (χ0v) is 14.9. The molecule has 1 amide bonds. The lowest BCUT2D eigenvalue weighted by atomic mass is 10.00. The number of thiophene rings is 1. The number of rotatable bonds is 3. The molecule has 0 aromatic carbocycles. The maximum Gasteiger partial charge on any atom is 0.256 e. The summed E-state index contributed by atoms with van der Waals surface area (Å²) < 4.78 is 0. The van der Waals surface area contributed by atoms with Crippen molar-refractivity contribution in [2.24, 2.45) is 0 Å². The SMILES string of the molecule is O=C(c1cccnc1)N1CCCC[C@H]1c1nc(-c2ccsc2)cc(=O)[nH]1. The highest BCUT2D eigenvalue weighted by Crippen LogP contribution is 2.31. The van der Waals surface area contributed by atoms with Gasteiger partial charge < -0.3 is 9.88 Å². The van der Waals surface area contributed by atoms with E-state index in [2.05, 4.69) is 15.0 Å². The highest BCUT2D eigenvalue weighted by atomic mass is 32.1. The molecule has 3 aromatic heterocycles. The molecule has 0 aliphatic carbocycles. The lowest BCUT2D eigenvalue weighted by Crippen LogP contribution is -2.40. The Balaban J connectivity index is 1.71. The van der Waals surface area contributed by atoms with Crippen molar-refractivity contribution in [2.75, 3.05) is 6.54 Å². The normalized spacial score (nSPS) is 17.2. The standard InChI is InChI=1S/C19H18N4O2S/c24-17-10-15(14-6-9-26-12-14)21-18(22-17)16-5-1-2-8-23(16)19(25)13-4-3-7-20-11-13/h3-4,6-7,9-12,16H,1-2,5,8H2,(H,21,22,24)/t16-/m0/s1. The third-order valence-electron chi connectivity index (χ3n) is 4.56. The number of pyridine rings is 1. The number of piperidine rings is 1. The van der Waals surface area contributed by atoms with E-state index in [0.29, 0.717) is 23.6 Å². The summed E-state index contributed by atoms with van der Waals surface area (Å²) in [6, 6.07) is 6.72. The van der Waals surface area contributed by atoms with E-state index in [-0.39, 0.29) is 17.5 Å². The summed E-state index contributed by atoms with van der Waals surface area (Å²) in [5.74, 6) is 0.474. The van der Waals surface area contributed by atoms with Gasteiger partial charge in [0.25, 0.3) is 11.5 Å². The summed E-state index contributed by atoms with van der Waals surface area (Å²) in [4.78, 5) is 38.5. The van der Waals surface area contributed by atoms with E-state index in [4.69, 9.17) is 0 Å². The van der Waals surface area contributed by atoms with Crippen molar-refractivity contribution < 1.29 is 4.79 Å². The Morgan fingerprint density at radius 2 is 2.23 bits per heavy atom. The van der Waals surface area contributed by atoms with Crippen molar-refractivity contribution in [1.82, 2.24) is 19.9 Å². The number of likely N-dealkylation sites (tertiary alicyclic amines) is 1. The molecule has 1 N–H and O–H groups in total. The maximum absolute atomic E-state index is 12.9. The van der Waals surface area contributed by atoms with Crippen LogP contribution < -0.4 is 5.56 Å². The highest BCUT2D eigenvalue weighted by molar-refractivity contribution is 7.08. The van der Waals surface area contributed by atoms with Gasteiger partial charge in [0.2, 0.25) is 0 Å². The Hall–Kier alpha value is -2.80. The summed E-state index contributed by atoms with van der Waals surface area (Å²) in [6.07, 6.45) is 5.94. The van der Waals surface area contributed by atoms with E-state index in [1.807, 2.05) is 16.8 Å². The number of amides is 1. The van der Waals surface area contributed by atoms with Crippen LogP contribution >= 0.6 is 11.3 Å². The number of carbonyl (C=O) groups excluding carboxylic acids is 1. The Morgan fingerprint density at radius 1 is 1.31 bits per heavy atom. The zero-order valence-electron chi connectivity index (χ0n) is 14.1. The second kappa shape index (κ2) is 7.21. The van der Waals surface area contributed by atoms with E-state index in [9.17, 15) is 9.59 Å². The first-order chi connectivity index (χ1) is 12.7. The van der Waals surface area contributed by atoms with E-state index in [0.717, 1.165) is 24.8 Å². The van der Waals surface area contributed by atoms with Gasteiger partial charge in [-0.05, 0) is 42.8 Å². The van der Waals surface area contributed by atoms with Crippen LogP contribution in [0.1, 0.15) is 41.5 Å². The first kappa shape index (κ1) is 16.7. The van der Waals surface area contributed by atoms with Gasteiger partial charge in [-0.2, -0.15) is 11.3 Å². The fourth-order valence-corrected chi connectivity index (χ4v) is 3.96. The summed E-state index contributed by atoms with van der Waals surface area (Å²) in [7, 11) is 0. The van der Waals surface area contributed by atoms with Crippen molar-refractivity contribution in [3.05, 3.63) is 69.2 Å². The monoisotopic (exact) mass is 366 g/mol. The Labute approximate surface area is 154 Å². The summed E-state index contributed by atoms with van der Waals surface area (Å²) in [6.45, 7) is 0.644. The van der Waals surface area contributed by atoms with Crippen molar-refractivity contribution >= 4 is 17.2 Å². The van der Waals surface area contributed by atoms with Crippen LogP contribution in [0.15, 0.2) is 52.2 Å². The lowest BCUT2D eigenvalue weighted by molar-refractivity contribution is 0.0599. The highest BCUT2D eigenvalue weighted by Gasteiger charge is 2.30. The molecule has 1 aliphatic rings. The Morgan fingerprint density at radius 3 is 3.00 bits per heavy atom. The van der Waals surface area contributed by atoms with Gasteiger partial charge in [0, 0.05) is 35.9 Å². The van der Waals surface area contributed by atoms with Crippen LogP contribution in [0.5, 0.6) is 0 Å². The lowest BCUT2D eigenvalue weighted by Gasteiger charge is -2.35. The van der Waals surface area contributed by atoms with Crippen molar-refractivity contribution in [3.8, 4) is 11.3 Å². The quantitative estimate of drug-likeness (QED) is 0.772. The van der Waals surface area contributed by atoms with Crippen LogP contribution in [-0.4, -0.2) is 32.3 Å². The van der Waals surface area contributed by atoms with Crippen LogP contribution in [0.2, 0.25) is 0 Å². The number of aromatic nitrogens is 3. The fourth-order valence-electron chi connectivity index (χ4n) is 3.31. The van der Waals surface area contributed by atoms with Crippen molar-refractivity contribution in [2.45, 2.75) is 25.3 Å². The van der Waals surface area contributed by atoms with E-state index in [1.165, 1.54) is 6.07 Å². The number of H-pyrrole nitrogens is 1. The molecular weight excluding hydrogens is 348 g/mol. The molecule has 6 nitrogen and oxygen atoms in total. The molecule has 0 unspecified atom stereocenters. The van der Waals surface area contributed by atoms with Crippen LogP contribution in [0, 0.1) is 0 Å². The average Bonchev–Trinajstić information content (AvgIpc) is 3.22. The minimum Gasteiger partial charge on any atom is -0.328 e. The molecule has 0 bridgehead atoms. The van der Waals surface area contributed by atoms with Crippen LogP contribution in [0.3, 0.4) is 0 Å². The van der Waals surface area contributed by atoms with Gasteiger partial charge in [0.1, 0.15) is 5.82 Å². The second-order valence-corrected chi connectivity index (χ2v) is 7.06. The van der Waals surface area contributed by atoms with E-state index >= 15 is 0 Å². The summed E-state index contributed by atoms with van der Waals surface area (Å²) in [5, 5.41) is 3.92. The first-order valence-corrected chi connectivity index (χ1v) is 9.51. The topological polar surface area (TPSA) is 79.0 Å². The largest absolute Gasteiger partial charge is 0.328 e. The fraction of sp³-hybridized carbons (Fsp3) is 0.263. The van der Waals surface area contributed by atoms with Gasteiger partial charge >= 0.3 is 0 Å². The van der Waals surface area contributed by atoms with Crippen molar-refractivity contribution in [3.63, 3.8) is 0 Å². The summed E-state index contributed by atoms with van der Waals surface area (Å²) in [5.41, 5.74) is 1.92. The molecule has 1 fully saturated rings. The molecule has 4 rings (SSSR count). The predicted molar refractivity (Wildman–Crippen MR) is 100 cm³/mol. The molecule has 3 aromatic rings. The van der Waals surface area contributed by atoms with Gasteiger partial charge in [-0.15, -0.1) is 0 Å². The van der Waals surface area contributed by atoms with Gasteiger partial charge in [-0.25, -0.2) is 4.98 Å². The van der Waals surface area contributed by atoms with Gasteiger partial charge in [-0.1, -0.05) is 0 Å². The third-order valence-corrected chi connectivity index (χ3v) is 5.25. The van der Waals surface area contributed by atoms with Gasteiger partial charge in [0.15, 0.2) is 0 Å². The van der Waals surface area contributed by atoms with Gasteiger partial charge in [-0.3, -0.25) is 14.6 Å². The average molecular weight is 366 g/mol. The first-order valence-electron chi connectivity index (χ1n) is 8.57. The molecule has 0 radical (unpaired) electrons. The molecule has 1 atom stereocenters. The third kappa shape index (κ3) is 3.30. The van der Waals surface area contributed by atoms with Crippen LogP contribution in [0.4, 0.5) is 0 Å². The number of carbonyl (C=O) groups is 1. The molecule has 0 spiro atoms. The molecule has 26 heavy (non-hydrogen) atoms. The predicted octanol–water partition coefficient (Wildman–Crippen LogP) is 3.26. The van der Waals surface area contributed by atoms with E-state index in [1.54, 1.807) is 40.8 Å². The summed E-state index contributed by atoms with van der Waals surface area (Å²) >= 11 is 1.56. The maximum atomic E-state index is 12.9. The minimum atomic E-state index is -0.234.